The van der Waals surface area contributed by atoms with Crippen molar-refractivity contribution in [1.82, 2.24) is 14.9 Å². The third-order valence-corrected chi connectivity index (χ3v) is 5.37. The van der Waals surface area contributed by atoms with Crippen LogP contribution in [0.25, 0.3) is 11.1 Å². The van der Waals surface area contributed by atoms with Crippen LogP contribution in [0.2, 0.25) is 0 Å². The fourth-order valence-corrected chi connectivity index (χ4v) is 3.72. The summed E-state index contributed by atoms with van der Waals surface area (Å²) in [7, 11) is 0. The lowest BCUT2D eigenvalue weighted by molar-refractivity contribution is -0.145. The average molecular weight is 379 g/mol. The molecular weight excluding hydrogens is 350 g/mol. The molecule has 0 radical (unpaired) electrons. The second-order valence-corrected chi connectivity index (χ2v) is 7.31. The molecule has 8 nitrogen and oxygen atoms in total. The zero-order chi connectivity index (χ0) is 19.2. The summed E-state index contributed by atoms with van der Waals surface area (Å²) < 4.78 is 5.29. The summed E-state index contributed by atoms with van der Waals surface area (Å²) in [6.45, 7) is 0.739. The molecule has 0 saturated carbocycles. The van der Waals surface area contributed by atoms with Crippen molar-refractivity contribution < 1.29 is 24.8 Å². The Morgan fingerprint density at radius 2 is 1.81 bits per heavy atom. The topological polar surface area (TPSA) is 123 Å². The molecule has 0 unspecified atom stereocenters. The maximum atomic E-state index is 9.98. The number of unbranched alkanes of at least 4 members (excludes halogenated alkanes) is 4. The first kappa shape index (κ1) is 20.2. The van der Waals surface area contributed by atoms with Gasteiger partial charge in [0.05, 0.1) is 24.9 Å². The molecule has 3 heterocycles. The molecule has 0 bridgehead atoms. The summed E-state index contributed by atoms with van der Waals surface area (Å²) in [5, 5.41) is 39.0. The molecule has 27 heavy (non-hydrogen) atoms. The van der Waals surface area contributed by atoms with Crippen LogP contribution < -0.4 is 0 Å². The lowest BCUT2D eigenvalue weighted by Crippen LogP contribution is -2.62. The van der Waals surface area contributed by atoms with Crippen molar-refractivity contribution in [2.24, 2.45) is 0 Å². The van der Waals surface area contributed by atoms with E-state index in [1.54, 1.807) is 6.20 Å². The molecule has 0 amide bonds. The largest absolute Gasteiger partial charge is 0.443 e. The Labute approximate surface area is 158 Å². The first-order chi connectivity index (χ1) is 13.1. The monoisotopic (exact) mass is 379 g/mol. The smallest absolute Gasteiger partial charge is 0.182 e. The number of nitrogens with zero attached hydrogens (tertiary/aromatic N) is 3. The van der Waals surface area contributed by atoms with Gasteiger partial charge in [0.1, 0.15) is 17.7 Å². The molecule has 2 aromatic rings. The van der Waals surface area contributed by atoms with Gasteiger partial charge in [-0.15, -0.1) is 0 Å². The number of pyridine rings is 1. The predicted octanol–water partition coefficient (Wildman–Crippen LogP) is 0.475. The maximum absolute atomic E-state index is 9.98. The number of β-amino-alcohol motifs (C(OH)–C–C–N with tert-alkyl or cyclic N) is 1. The minimum absolute atomic E-state index is 0.229. The Balaban J connectivity index is 1.32. The number of piperidine rings is 1. The first-order valence-corrected chi connectivity index (χ1v) is 9.67. The van der Waals surface area contributed by atoms with Gasteiger partial charge >= 0.3 is 0 Å². The molecule has 8 heteroatoms. The Morgan fingerprint density at radius 1 is 1.04 bits per heavy atom. The molecule has 4 atom stereocenters. The van der Waals surface area contributed by atoms with Crippen molar-refractivity contribution in [3.63, 3.8) is 0 Å². The molecule has 150 valence electrons. The van der Waals surface area contributed by atoms with Crippen molar-refractivity contribution in [1.29, 1.82) is 0 Å². The zero-order valence-corrected chi connectivity index (χ0v) is 15.4. The van der Waals surface area contributed by atoms with Gasteiger partial charge in [0, 0.05) is 18.3 Å². The Kier molecular flexibility index (Phi) is 7.14. The maximum Gasteiger partial charge on any atom is 0.182 e. The van der Waals surface area contributed by atoms with E-state index in [4.69, 9.17) is 4.42 Å². The van der Waals surface area contributed by atoms with Gasteiger partial charge in [0.2, 0.25) is 0 Å². The van der Waals surface area contributed by atoms with Gasteiger partial charge in [0.15, 0.2) is 12.0 Å². The number of aliphatic hydroxyl groups is 4. The van der Waals surface area contributed by atoms with E-state index in [0.29, 0.717) is 6.54 Å². The van der Waals surface area contributed by atoms with Crippen LogP contribution in [0.5, 0.6) is 0 Å². The predicted molar refractivity (Wildman–Crippen MR) is 99.1 cm³/mol. The lowest BCUT2D eigenvalue weighted by Gasteiger charge is -2.43. The molecular formula is C19H29N3O5. The highest BCUT2D eigenvalue weighted by Crippen LogP contribution is 2.20. The van der Waals surface area contributed by atoms with Gasteiger partial charge in [-0.3, -0.25) is 9.88 Å². The summed E-state index contributed by atoms with van der Waals surface area (Å²) in [4.78, 5) is 10.3. The first-order valence-electron chi connectivity index (χ1n) is 9.67. The summed E-state index contributed by atoms with van der Waals surface area (Å²) >= 11 is 0. The van der Waals surface area contributed by atoms with E-state index in [9.17, 15) is 20.4 Å². The van der Waals surface area contributed by atoms with Gasteiger partial charge in [0.25, 0.3) is 0 Å². The quantitative estimate of drug-likeness (QED) is 0.464. The minimum Gasteiger partial charge on any atom is -0.443 e. The van der Waals surface area contributed by atoms with Crippen molar-refractivity contribution in [3.05, 3.63) is 24.4 Å². The van der Waals surface area contributed by atoms with Crippen molar-refractivity contribution in [2.45, 2.75) is 62.9 Å². The van der Waals surface area contributed by atoms with Crippen molar-refractivity contribution in [2.75, 3.05) is 19.7 Å². The molecule has 0 spiro atoms. The van der Waals surface area contributed by atoms with Gasteiger partial charge in [-0.1, -0.05) is 19.3 Å². The molecule has 2 aromatic heterocycles. The summed E-state index contributed by atoms with van der Waals surface area (Å²) in [5.41, 5.74) is 2.56. The van der Waals surface area contributed by atoms with Crippen molar-refractivity contribution >= 4 is 11.1 Å². The van der Waals surface area contributed by atoms with Gasteiger partial charge < -0.3 is 24.8 Å². The molecule has 4 N–H and O–H groups in total. The molecule has 1 aliphatic heterocycles. The number of fused-ring (bicyclic) bond motifs is 1. The highest BCUT2D eigenvalue weighted by molar-refractivity contribution is 5.70. The standard InChI is InChI=1S/C19H29N3O5/c23-11-15-18(25)19(26)16(24)10-22(15)7-5-3-1-2-4-6-13-8-17-14(9-20-13)21-12-27-17/h8-9,12,15-16,18-19,23-26H,1-7,10-11H2/t15-,16+,18-,19-/m1/s1. The fraction of sp³-hybridized carbons (Fsp3) is 0.684. The van der Waals surface area contributed by atoms with Crippen LogP contribution in [0.1, 0.15) is 37.8 Å². The number of oxazole rings is 1. The highest BCUT2D eigenvalue weighted by Gasteiger charge is 2.40. The van der Waals surface area contributed by atoms with Gasteiger partial charge in [-0.05, 0) is 25.8 Å². The number of hydrogen-bond acceptors (Lipinski definition) is 8. The number of likely N-dealkylation sites (tertiary alicyclic amines) is 1. The van der Waals surface area contributed by atoms with Crippen LogP contribution in [0.4, 0.5) is 0 Å². The van der Waals surface area contributed by atoms with E-state index in [1.807, 2.05) is 11.0 Å². The van der Waals surface area contributed by atoms with Gasteiger partial charge in [-0.25, -0.2) is 4.98 Å². The SMILES string of the molecule is OC[C@@H]1[C@@H](O)[C@H](O)[C@@H](O)CN1CCCCCCCc1cc2ocnc2cn1. The van der Waals surface area contributed by atoms with E-state index < -0.39 is 24.4 Å². The normalized spacial score (nSPS) is 26.7. The third kappa shape index (κ3) is 5.03. The molecule has 3 rings (SSSR count). The third-order valence-electron chi connectivity index (χ3n) is 5.37. The fourth-order valence-electron chi connectivity index (χ4n) is 3.72. The highest BCUT2D eigenvalue weighted by atomic mass is 16.4. The van der Waals surface area contributed by atoms with Crippen LogP contribution in [-0.2, 0) is 6.42 Å². The Morgan fingerprint density at radius 3 is 2.63 bits per heavy atom. The second kappa shape index (κ2) is 9.57. The number of aliphatic hydroxyl groups excluding tert-OH is 4. The van der Waals surface area contributed by atoms with Crippen LogP contribution >= 0.6 is 0 Å². The van der Waals surface area contributed by atoms with E-state index in [1.165, 1.54) is 6.39 Å². The number of aromatic nitrogens is 2. The minimum atomic E-state index is -1.19. The zero-order valence-electron chi connectivity index (χ0n) is 15.4. The van der Waals surface area contributed by atoms with Crippen LogP contribution in [-0.4, -0.2) is 79.3 Å². The number of hydrogen-bond donors (Lipinski definition) is 4. The molecule has 1 fully saturated rings. The van der Waals surface area contributed by atoms with Crippen molar-refractivity contribution in [3.8, 4) is 0 Å². The Hall–Kier alpha value is -1.58. The average Bonchev–Trinajstić information content (AvgIpc) is 3.13. The second-order valence-electron chi connectivity index (χ2n) is 7.31. The lowest BCUT2D eigenvalue weighted by atomic mass is 9.94. The van der Waals surface area contributed by atoms with Crippen LogP contribution in [0.3, 0.4) is 0 Å². The number of aryl methyl sites for hydroxylation is 1. The van der Waals surface area contributed by atoms with Crippen LogP contribution in [0.15, 0.2) is 23.1 Å². The Bertz CT molecular complexity index is 709. The summed E-state index contributed by atoms with van der Waals surface area (Å²) in [6.07, 6.45) is 6.01. The molecule has 0 aliphatic carbocycles. The summed E-state index contributed by atoms with van der Waals surface area (Å²) in [6, 6.07) is 1.43. The van der Waals surface area contributed by atoms with Gasteiger partial charge in [-0.2, -0.15) is 0 Å². The molecule has 1 saturated heterocycles. The summed E-state index contributed by atoms with van der Waals surface area (Å²) in [5.74, 6) is 0. The molecule has 1 aliphatic rings. The van der Waals surface area contributed by atoms with E-state index in [-0.39, 0.29) is 13.2 Å². The van der Waals surface area contributed by atoms with E-state index >= 15 is 0 Å². The van der Waals surface area contributed by atoms with Crippen LogP contribution in [0, 0.1) is 0 Å². The van der Waals surface area contributed by atoms with E-state index in [2.05, 4.69) is 9.97 Å². The number of rotatable bonds is 9. The molecule has 0 aromatic carbocycles. The van der Waals surface area contributed by atoms with E-state index in [0.717, 1.165) is 55.3 Å².